The molecule has 0 spiro atoms. The Kier molecular flexibility index (Phi) is 24.0. The molecule has 698 valence electrons. The number of aromatic nitrogens is 12. The molecule has 24 rings (SSSR count). The molecule has 16 heterocycles. The smallest absolute Gasteiger partial charge is 0.308 e. The zero-order chi connectivity index (χ0) is 94.8. The number of nitrogens with zero attached hydrogens (tertiary/aromatic N) is 10. The van der Waals surface area contributed by atoms with Crippen LogP contribution in [0.5, 0.6) is 23.0 Å². The van der Waals surface area contributed by atoms with Crippen LogP contribution in [0, 0.1) is 27.7 Å². The first kappa shape index (κ1) is 89.0. The van der Waals surface area contributed by atoms with Crippen LogP contribution in [0.4, 0.5) is 22.7 Å². The summed E-state index contributed by atoms with van der Waals surface area (Å²) in [6, 6.07) is 55.3. The highest BCUT2D eigenvalue weighted by Gasteiger charge is 2.29. The fourth-order valence-corrected chi connectivity index (χ4v) is 21.1. The van der Waals surface area contributed by atoms with Crippen LogP contribution in [-0.4, -0.2) is 154 Å². The summed E-state index contributed by atoms with van der Waals surface area (Å²) < 4.78 is 18.3. The molecule has 0 unspecified atom stereocenters. The summed E-state index contributed by atoms with van der Waals surface area (Å²) in [6.07, 6.45) is 18.9. The molecule has 0 radical (unpaired) electrons. The molecule has 10 N–H and O–H groups in total. The summed E-state index contributed by atoms with van der Waals surface area (Å²) in [6.45, 7) is 27.0. The summed E-state index contributed by atoms with van der Waals surface area (Å²) in [5, 5.41) is 25.8. The lowest BCUT2D eigenvalue weighted by molar-refractivity contribution is -0.131. The predicted molar refractivity (Wildman–Crippen MR) is 558 cm³/mol. The van der Waals surface area contributed by atoms with Crippen molar-refractivity contribution >= 4 is 160 Å². The minimum atomic E-state index is -0.378. The number of phenols is 1. The number of piperazine rings is 1. The average Bonchev–Trinajstić information content (AvgIpc) is 1.36. The summed E-state index contributed by atoms with van der Waals surface area (Å²) >= 11 is 0. The number of carbonyl (C=O) groups excluding carboxylic acids is 1. The van der Waals surface area contributed by atoms with E-state index in [1.54, 1.807) is 24.3 Å². The lowest BCUT2D eigenvalue weighted by Gasteiger charge is -2.33. The molecule has 8 aromatic carbocycles. The number of nitrogens with one attached hydrogen (secondary N) is 7. The van der Waals surface area contributed by atoms with Gasteiger partial charge < -0.3 is 78.4 Å². The number of rotatable bonds is 14. The van der Waals surface area contributed by atoms with Gasteiger partial charge in [0.1, 0.15) is 45.6 Å². The Morgan fingerprint density at radius 3 is 0.993 bits per heavy atom. The minimum Gasteiger partial charge on any atom is -0.508 e. The Hall–Kier alpha value is -15.6. The van der Waals surface area contributed by atoms with Gasteiger partial charge >= 0.3 is 5.97 Å². The Morgan fingerprint density at radius 2 is 0.659 bits per heavy atom. The molecule has 0 bridgehead atoms. The van der Waals surface area contributed by atoms with Gasteiger partial charge in [-0.15, -0.1) is 0 Å². The van der Waals surface area contributed by atoms with Gasteiger partial charge in [-0.2, -0.15) is 0 Å². The molecule has 138 heavy (non-hydrogen) atoms. The first-order chi connectivity index (χ1) is 67.2. The maximum atomic E-state index is 14.0. The van der Waals surface area contributed by atoms with Gasteiger partial charge in [-0.1, -0.05) is 24.3 Å². The number of fused-ring (bicyclic) bond motifs is 20. The van der Waals surface area contributed by atoms with Gasteiger partial charge in [0.15, 0.2) is 0 Å². The molecule has 0 atom stereocenters. The monoisotopic (exact) mass is 1840 g/mol. The number of anilines is 4. The average molecular weight is 1840 g/mol. The van der Waals surface area contributed by atoms with Gasteiger partial charge in [0.2, 0.25) is 0 Å². The topological polar surface area (TPSA) is 343 Å². The van der Waals surface area contributed by atoms with Crippen molar-refractivity contribution in [3.63, 3.8) is 0 Å². The van der Waals surface area contributed by atoms with Crippen LogP contribution in [0.2, 0.25) is 0 Å². The third-order valence-electron chi connectivity index (χ3n) is 27.9. The van der Waals surface area contributed by atoms with E-state index in [0.717, 1.165) is 242 Å². The Labute approximate surface area is 793 Å². The molecule has 0 amide bonds. The molecule has 4 aliphatic rings. The van der Waals surface area contributed by atoms with Crippen LogP contribution in [0.25, 0.3) is 176 Å². The second-order valence-corrected chi connectivity index (χ2v) is 36.7. The molecule has 20 aromatic rings. The number of nitrogens with two attached hydrogens (primary N) is 1. The third kappa shape index (κ3) is 16.5. The third-order valence-corrected chi connectivity index (χ3v) is 27.9. The van der Waals surface area contributed by atoms with Crippen LogP contribution >= 0.6 is 0 Å². The first-order valence-corrected chi connectivity index (χ1v) is 48.2. The van der Waals surface area contributed by atoms with Gasteiger partial charge in [0.05, 0.1) is 79.6 Å². The normalized spacial score (nSPS) is 14.5. The summed E-state index contributed by atoms with van der Waals surface area (Å²) in [4.78, 5) is 118. The molecule has 0 aliphatic carbocycles. The molecule has 12 aromatic heterocycles. The number of aromatic amines is 7. The van der Waals surface area contributed by atoms with Gasteiger partial charge in [0, 0.05) is 213 Å². The van der Waals surface area contributed by atoms with E-state index < -0.39 is 0 Å². The number of hydrazine groups is 1. The summed E-state index contributed by atoms with van der Waals surface area (Å²) in [7, 11) is 0. The fraction of sp³-hybridized carbons (Fsp3) is 0.270. The van der Waals surface area contributed by atoms with Crippen molar-refractivity contribution in [1.29, 1.82) is 0 Å². The van der Waals surface area contributed by atoms with E-state index in [0.29, 0.717) is 69.8 Å². The summed E-state index contributed by atoms with van der Waals surface area (Å²) in [5.41, 5.74) is 20.8. The van der Waals surface area contributed by atoms with Crippen molar-refractivity contribution in [2.24, 2.45) is 5.84 Å². The minimum absolute atomic E-state index is 0.0288. The number of phenolic OH excluding ortho intramolecular Hbond substituents is 1. The molecule has 27 nitrogen and oxygen atoms in total. The molecule has 4 fully saturated rings. The van der Waals surface area contributed by atoms with Crippen LogP contribution in [0.1, 0.15) is 108 Å². The predicted octanol–water partition coefficient (Wildman–Crippen LogP) is 21.0. The van der Waals surface area contributed by atoms with Gasteiger partial charge in [-0.05, 0) is 274 Å². The van der Waals surface area contributed by atoms with Crippen LogP contribution in [0.3, 0.4) is 0 Å². The quantitative estimate of drug-likeness (QED) is 0.0211. The zero-order valence-electron chi connectivity index (χ0n) is 78.8. The zero-order valence-corrected chi connectivity index (χ0v) is 78.8. The van der Waals surface area contributed by atoms with E-state index in [1.165, 1.54) is 76.1 Å². The van der Waals surface area contributed by atoms with Crippen molar-refractivity contribution in [2.75, 3.05) is 98.3 Å². The standard InChI is InChI=1S/C28H26N4O3.2C28H28N4O2.C27H28N6O2/c1-16-15-29-27-23(16)24-21-11-8-19(32-12-4-3-5-13-32)14-22(21)30-28(34)25(24)26(31-27)18-6-9-20(10-7-18)35-17(2)33;1-3-32-22-15-19(31-13-5-4-6-14-31)9-12-21(22)24-23-17(2)16-29-27(23)30-26(25(24)28(32)34)18-7-10-20(33)11-8-18;1-3-34-20-10-7-18(8-11-20)26-25-24(23-17(2)16-29-27(23)31-26)21-12-9-19(15-22(21)30-28(25)33)32-13-5-4-6-14-32;1-3-35-19-7-4-17(5-8-19)25-24-23(22-16(2)15-29-26(22)31-25)20-9-6-18(14-21(20)30-27(24)34)32-10-12-33(28)13-11-32/h6-11,14-15H,3-5,12-13H2,1-2H3,(H,29,31)(H,30,34);7-12,15-16,33H,3-6,13-14H2,1-2H3,(H,29,30);7-12,15-16H,3-6,13-14H2,1-2H3,(H,29,31)(H,30,33);4-9,14-15H,3,10-13,28H2,1-2H3,(H,29,31)(H,30,34). The molecular formula is C111H110N18O9. The number of ether oxygens (including phenoxy) is 3. The fourth-order valence-electron chi connectivity index (χ4n) is 21.1. The number of aromatic hydroxyl groups is 1. The van der Waals surface area contributed by atoms with Crippen molar-refractivity contribution in [2.45, 2.75) is 120 Å². The maximum Gasteiger partial charge on any atom is 0.308 e. The Bertz CT molecular complexity index is 8410. The number of H-pyrrole nitrogens is 7. The second-order valence-electron chi connectivity index (χ2n) is 36.7. The van der Waals surface area contributed by atoms with E-state index >= 15 is 0 Å². The first-order valence-electron chi connectivity index (χ1n) is 48.2. The van der Waals surface area contributed by atoms with E-state index in [9.17, 15) is 29.1 Å². The number of esters is 1. The Morgan fingerprint density at radius 1 is 0.355 bits per heavy atom. The van der Waals surface area contributed by atoms with Crippen LogP contribution in [-0.2, 0) is 11.3 Å². The number of pyridine rings is 8. The Balaban J connectivity index is 0.000000110. The highest BCUT2D eigenvalue weighted by Crippen LogP contribution is 2.45. The van der Waals surface area contributed by atoms with E-state index in [2.05, 4.69) is 141 Å². The SMILES string of the molecule is CC(=O)Oc1ccc(-c2nc3[nH]cc(C)c3c3c2c(=O)[nH]c2cc(N4CCCCC4)ccc23)cc1.CCOc1ccc(-c2nc3[nH]cc(C)c3c3c2c(=O)[nH]c2cc(N4CCCCC4)ccc23)cc1.CCOc1ccc(-c2nc3[nH]cc(C)c3c3c2c(=O)[nH]c2cc(N4CCN(N)CC4)ccc23)cc1.CCn1c(=O)c2c(-c3ccc(O)cc3)nc3[nH]cc(C)c3c2c2ccc(N3CCCCC3)cc21. The van der Waals surface area contributed by atoms with Crippen LogP contribution in [0.15, 0.2) is 214 Å². The van der Waals surface area contributed by atoms with Crippen LogP contribution < -0.4 is 61.9 Å². The van der Waals surface area contributed by atoms with Gasteiger partial charge in [0.25, 0.3) is 22.2 Å². The van der Waals surface area contributed by atoms with Crippen molar-refractivity contribution in [3.8, 4) is 68.0 Å². The van der Waals surface area contributed by atoms with Crippen molar-refractivity contribution < 1.29 is 24.1 Å². The van der Waals surface area contributed by atoms with E-state index in [4.69, 9.17) is 40.0 Å². The number of hydrogen-bond donors (Lipinski definition) is 9. The number of piperidine rings is 3. The molecular weight excluding hydrogens is 1730 g/mol. The number of carbonyl (C=O) groups is 1. The number of hydrogen-bond acceptors (Lipinski definition) is 19. The lowest BCUT2D eigenvalue weighted by atomic mass is 9.97. The van der Waals surface area contributed by atoms with Crippen molar-refractivity contribution in [3.05, 3.63) is 258 Å². The van der Waals surface area contributed by atoms with Gasteiger partial charge in [-0.25, -0.2) is 24.9 Å². The maximum absolute atomic E-state index is 14.0. The molecule has 4 aliphatic heterocycles. The lowest BCUT2D eigenvalue weighted by Crippen LogP contribution is -2.49. The molecule has 4 saturated heterocycles. The molecule has 0 saturated carbocycles. The van der Waals surface area contributed by atoms with Crippen molar-refractivity contribution in [1.82, 2.24) is 64.4 Å². The second kappa shape index (κ2) is 37.2. The number of benzene rings is 8. The summed E-state index contributed by atoms with van der Waals surface area (Å²) in [5.74, 6) is 7.79. The van der Waals surface area contributed by atoms with E-state index in [-0.39, 0.29) is 34.0 Å². The highest BCUT2D eigenvalue weighted by atomic mass is 16.5. The van der Waals surface area contributed by atoms with E-state index in [1.807, 2.05) is 142 Å². The number of aryl methyl sites for hydroxylation is 5. The highest BCUT2D eigenvalue weighted by molar-refractivity contribution is 6.26. The molecule has 27 heteroatoms. The largest absolute Gasteiger partial charge is 0.508 e. The van der Waals surface area contributed by atoms with Gasteiger partial charge in [-0.3, -0.25) is 29.8 Å².